The summed E-state index contributed by atoms with van der Waals surface area (Å²) in [5.74, 6) is 0.530. The maximum atomic E-state index is 12.6. The summed E-state index contributed by atoms with van der Waals surface area (Å²) < 4.78 is 5.30. The number of amides is 1. The molecule has 4 heteroatoms. The Bertz CT molecular complexity index is 623. The van der Waals surface area contributed by atoms with Gasteiger partial charge in [-0.2, -0.15) is 0 Å². The highest BCUT2D eigenvalue weighted by atomic mass is 16.5. The van der Waals surface area contributed by atoms with Gasteiger partial charge in [0.15, 0.2) is 0 Å². The molecule has 1 heterocycles. The van der Waals surface area contributed by atoms with Crippen LogP contribution in [0, 0.1) is 6.92 Å². The molecule has 0 radical (unpaired) electrons. The topological polar surface area (TPSA) is 42.4 Å². The van der Waals surface area contributed by atoms with Gasteiger partial charge >= 0.3 is 0 Å². The highest BCUT2D eigenvalue weighted by molar-refractivity contribution is 5.93. The van der Waals surface area contributed by atoms with E-state index in [4.69, 9.17) is 4.74 Å². The third kappa shape index (κ3) is 3.85. The highest BCUT2D eigenvalue weighted by Gasteiger charge is 2.15. The van der Waals surface area contributed by atoms with E-state index in [2.05, 4.69) is 24.0 Å². The molecule has 22 heavy (non-hydrogen) atoms. The third-order valence-corrected chi connectivity index (χ3v) is 3.57. The minimum atomic E-state index is -0.0127. The lowest BCUT2D eigenvalue weighted by molar-refractivity contribution is 0.0752. The molecule has 0 unspecified atom stereocenters. The van der Waals surface area contributed by atoms with Gasteiger partial charge in [-0.1, -0.05) is 24.3 Å². The maximum absolute atomic E-state index is 12.6. The SMILES string of the molecule is CCOc1ccc(C(=O)N(CC)Cc2ccccc2C)cn1. The quantitative estimate of drug-likeness (QED) is 0.820. The summed E-state index contributed by atoms with van der Waals surface area (Å²) in [6.45, 7) is 7.77. The molecule has 0 N–H and O–H groups in total. The van der Waals surface area contributed by atoms with Crippen molar-refractivity contribution in [2.24, 2.45) is 0 Å². The fraction of sp³-hybridized carbons (Fsp3) is 0.333. The average Bonchev–Trinajstić information content (AvgIpc) is 2.54. The van der Waals surface area contributed by atoms with Gasteiger partial charge in [-0.15, -0.1) is 0 Å². The van der Waals surface area contributed by atoms with E-state index in [-0.39, 0.29) is 5.91 Å². The number of carbonyl (C=O) groups is 1. The number of aromatic nitrogens is 1. The molecular weight excluding hydrogens is 276 g/mol. The molecule has 0 aliphatic rings. The highest BCUT2D eigenvalue weighted by Crippen LogP contribution is 2.14. The second-order valence-electron chi connectivity index (χ2n) is 5.06. The van der Waals surface area contributed by atoms with Crippen LogP contribution in [0.25, 0.3) is 0 Å². The van der Waals surface area contributed by atoms with Crippen LogP contribution in [0.1, 0.15) is 35.3 Å². The van der Waals surface area contributed by atoms with Crippen molar-refractivity contribution in [3.05, 3.63) is 59.3 Å². The first-order valence-electron chi connectivity index (χ1n) is 7.58. The van der Waals surface area contributed by atoms with E-state index in [9.17, 15) is 4.79 Å². The third-order valence-electron chi connectivity index (χ3n) is 3.57. The summed E-state index contributed by atoms with van der Waals surface area (Å²) >= 11 is 0. The zero-order valence-electron chi connectivity index (χ0n) is 13.4. The summed E-state index contributed by atoms with van der Waals surface area (Å²) in [6, 6.07) is 11.6. The van der Waals surface area contributed by atoms with E-state index in [1.165, 1.54) is 5.56 Å². The van der Waals surface area contributed by atoms with Gasteiger partial charge in [-0.3, -0.25) is 4.79 Å². The lowest BCUT2D eigenvalue weighted by Crippen LogP contribution is -2.30. The molecule has 0 spiro atoms. The number of nitrogens with zero attached hydrogens (tertiary/aromatic N) is 2. The van der Waals surface area contributed by atoms with Gasteiger partial charge in [0.05, 0.1) is 12.2 Å². The van der Waals surface area contributed by atoms with Crippen molar-refractivity contribution in [3.8, 4) is 5.88 Å². The smallest absolute Gasteiger partial charge is 0.255 e. The fourth-order valence-electron chi connectivity index (χ4n) is 2.24. The molecule has 0 atom stereocenters. The first-order chi connectivity index (χ1) is 10.7. The molecule has 1 amide bonds. The Morgan fingerprint density at radius 3 is 2.55 bits per heavy atom. The maximum Gasteiger partial charge on any atom is 0.255 e. The van der Waals surface area contributed by atoms with Crippen molar-refractivity contribution in [1.82, 2.24) is 9.88 Å². The number of hydrogen-bond donors (Lipinski definition) is 0. The van der Waals surface area contributed by atoms with Crippen LogP contribution < -0.4 is 4.74 Å². The van der Waals surface area contributed by atoms with Crippen molar-refractivity contribution in [1.29, 1.82) is 0 Å². The van der Waals surface area contributed by atoms with Gasteiger partial charge in [0.25, 0.3) is 5.91 Å². The van der Waals surface area contributed by atoms with Gasteiger partial charge in [0.1, 0.15) is 0 Å². The van der Waals surface area contributed by atoms with E-state index in [0.717, 1.165) is 5.56 Å². The summed E-state index contributed by atoms with van der Waals surface area (Å²) in [6.07, 6.45) is 1.58. The molecule has 1 aromatic carbocycles. The van der Waals surface area contributed by atoms with Gasteiger partial charge in [0, 0.05) is 25.4 Å². The Morgan fingerprint density at radius 2 is 1.95 bits per heavy atom. The summed E-state index contributed by atoms with van der Waals surface area (Å²) in [5, 5.41) is 0. The van der Waals surface area contributed by atoms with E-state index >= 15 is 0 Å². The molecular formula is C18H22N2O2. The Balaban J connectivity index is 2.13. The molecule has 0 saturated heterocycles. The van der Waals surface area contributed by atoms with Gasteiger partial charge < -0.3 is 9.64 Å². The van der Waals surface area contributed by atoms with E-state index in [1.807, 2.05) is 30.9 Å². The Morgan fingerprint density at radius 1 is 1.18 bits per heavy atom. The predicted molar refractivity (Wildman–Crippen MR) is 87.0 cm³/mol. The zero-order valence-corrected chi connectivity index (χ0v) is 13.4. The van der Waals surface area contributed by atoms with E-state index in [0.29, 0.717) is 31.1 Å². The molecule has 0 aliphatic carbocycles. The summed E-state index contributed by atoms with van der Waals surface area (Å²) in [4.78, 5) is 18.6. The van der Waals surface area contributed by atoms with Crippen LogP contribution in [0.3, 0.4) is 0 Å². The van der Waals surface area contributed by atoms with Crippen LogP contribution in [-0.4, -0.2) is 28.9 Å². The van der Waals surface area contributed by atoms with E-state index < -0.39 is 0 Å². The molecule has 2 aromatic rings. The molecule has 0 fully saturated rings. The number of aryl methyl sites for hydroxylation is 1. The van der Waals surface area contributed by atoms with Crippen LogP contribution in [0.15, 0.2) is 42.6 Å². The molecule has 0 saturated carbocycles. The zero-order chi connectivity index (χ0) is 15.9. The number of rotatable bonds is 6. The molecule has 0 bridgehead atoms. The van der Waals surface area contributed by atoms with Gasteiger partial charge in [-0.05, 0) is 38.0 Å². The molecule has 0 aliphatic heterocycles. The molecule has 4 nitrogen and oxygen atoms in total. The van der Waals surface area contributed by atoms with Crippen LogP contribution in [0.2, 0.25) is 0 Å². The molecule has 1 aromatic heterocycles. The normalized spacial score (nSPS) is 10.3. The minimum absolute atomic E-state index is 0.0127. The summed E-state index contributed by atoms with van der Waals surface area (Å²) in [7, 11) is 0. The number of benzene rings is 1. The second kappa shape index (κ2) is 7.59. The summed E-state index contributed by atoms with van der Waals surface area (Å²) in [5.41, 5.74) is 2.94. The number of carbonyl (C=O) groups excluding carboxylic acids is 1. The first kappa shape index (κ1) is 16.0. The monoisotopic (exact) mass is 298 g/mol. The Kier molecular flexibility index (Phi) is 5.53. The van der Waals surface area contributed by atoms with E-state index in [1.54, 1.807) is 18.3 Å². The Hall–Kier alpha value is -2.36. The minimum Gasteiger partial charge on any atom is -0.478 e. The number of ether oxygens (including phenoxy) is 1. The lowest BCUT2D eigenvalue weighted by atomic mass is 10.1. The van der Waals surface area contributed by atoms with Crippen molar-refractivity contribution in [3.63, 3.8) is 0 Å². The van der Waals surface area contributed by atoms with Crippen molar-refractivity contribution < 1.29 is 9.53 Å². The standard InChI is InChI=1S/C18H22N2O2/c1-4-20(13-16-9-7-6-8-14(16)3)18(21)15-10-11-17(19-12-15)22-5-2/h6-12H,4-5,13H2,1-3H3. The molecule has 2 rings (SSSR count). The molecule has 116 valence electrons. The average molecular weight is 298 g/mol. The van der Waals surface area contributed by atoms with Gasteiger partial charge in [0.2, 0.25) is 5.88 Å². The predicted octanol–water partition coefficient (Wildman–Crippen LogP) is 3.45. The Labute approximate surface area is 131 Å². The second-order valence-corrected chi connectivity index (χ2v) is 5.06. The fourth-order valence-corrected chi connectivity index (χ4v) is 2.24. The van der Waals surface area contributed by atoms with Crippen LogP contribution in [0.4, 0.5) is 0 Å². The number of pyridine rings is 1. The largest absolute Gasteiger partial charge is 0.478 e. The van der Waals surface area contributed by atoms with Crippen LogP contribution >= 0.6 is 0 Å². The van der Waals surface area contributed by atoms with Crippen LogP contribution in [0.5, 0.6) is 5.88 Å². The first-order valence-corrected chi connectivity index (χ1v) is 7.58. The number of hydrogen-bond acceptors (Lipinski definition) is 3. The van der Waals surface area contributed by atoms with Crippen molar-refractivity contribution in [2.45, 2.75) is 27.3 Å². The lowest BCUT2D eigenvalue weighted by Gasteiger charge is -2.22. The van der Waals surface area contributed by atoms with Crippen molar-refractivity contribution in [2.75, 3.05) is 13.2 Å². The van der Waals surface area contributed by atoms with Crippen LogP contribution in [-0.2, 0) is 6.54 Å². The van der Waals surface area contributed by atoms with Crippen molar-refractivity contribution >= 4 is 5.91 Å². The van der Waals surface area contributed by atoms with Gasteiger partial charge in [-0.25, -0.2) is 4.98 Å².